The summed E-state index contributed by atoms with van der Waals surface area (Å²) in [5.41, 5.74) is 1.76. The minimum atomic E-state index is -0.0218. The van der Waals surface area contributed by atoms with Crippen LogP contribution in [0.1, 0.15) is 11.1 Å². The van der Waals surface area contributed by atoms with Gasteiger partial charge in [-0.15, -0.1) is 0 Å². The van der Waals surface area contributed by atoms with Crippen molar-refractivity contribution in [3.63, 3.8) is 0 Å². The highest BCUT2D eigenvalue weighted by Gasteiger charge is 2.06. The highest BCUT2D eigenvalue weighted by molar-refractivity contribution is 5.43. The van der Waals surface area contributed by atoms with Crippen LogP contribution < -0.4 is 14.8 Å². The van der Waals surface area contributed by atoms with E-state index < -0.39 is 0 Å². The maximum atomic E-state index is 9.10. The molecule has 2 aromatic rings. The maximum absolute atomic E-state index is 9.10. The van der Waals surface area contributed by atoms with Gasteiger partial charge in [0, 0.05) is 18.8 Å². The summed E-state index contributed by atoms with van der Waals surface area (Å²) in [7, 11) is 3.40. The number of pyridine rings is 1. The van der Waals surface area contributed by atoms with Gasteiger partial charge in [0.15, 0.2) is 11.5 Å². The van der Waals surface area contributed by atoms with Crippen molar-refractivity contribution < 1.29 is 14.6 Å². The van der Waals surface area contributed by atoms with E-state index in [4.69, 9.17) is 14.6 Å². The first kappa shape index (κ1) is 14.1. The standard InChI is InChI=1S/C15H18N2O3/c1-16-15-6-4-12(8-17-15)10-20-13-5-3-11(9-18)7-14(13)19-2/h3-8,18H,9-10H2,1-2H3,(H,16,17). The van der Waals surface area contributed by atoms with E-state index >= 15 is 0 Å². The van der Waals surface area contributed by atoms with Crippen LogP contribution in [0.5, 0.6) is 11.5 Å². The number of benzene rings is 1. The molecule has 1 aromatic heterocycles. The fourth-order valence-corrected chi connectivity index (χ4v) is 1.75. The topological polar surface area (TPSA) is 63.6 Å². The Kier molecular flexibility index (Phi) is 4.79. The smallest absolute Gasteiger partial charge is 0.161 e. The number of aliphatic hydroxyl groups excluding tert-OH is 1. The molecule has 0 atom stereocenters. The Hall–Kier alpha value is -2.27. The predicted molar refractivity (Wildman–Crippen MR) is 77.0 cm³/mol. The summed E-state index contributed by atoms with van der Waals surface area (Å²) in [6, 6.07) is 9.20. The SMILES string of the molecule is CNc1ccc(COc2ccc(CO)cc2OC)cn1. The fourth-order valence-electron chi connectivity index (χ4n) is 1.75. The van der Waals surface area contributed by atoms with E-state index in [0.29, 0.717) is 18.1 Å². The van der Waals surface area contributed by atoms with Crippen LogP contribution >= 0.6 is 0 Å². The summed E-state index contributed by atoms with van der Waals surface area (Å²) in [6.45, 7) is 0.387. The van der Waals surface area contributed by atoms with Crippen molar-refractivity contribution in [2.45, 2.75) is 13.2 Å². The van der Waals surface area contributed by atoms with Crippen LogP contribution in [0.3, 0.4) is 0 Å². The van der Waals surface area contributed by atoms with Gasteiger partial charge in [-0.2, -0.15) is 0 Å². The molecule has 2 rings (SSSR count). The van der Waals surface area contributed by atoms with Gasteiger partial charge in [-0.05, 0) is 23.8 Å². The number of aliphatic hydroxyl groups is 1. The maximum Gasteiger partial charge on any atom is 0.161 e. The fraction of sp³-hybridized carbons (Fsp3) is 0.267. The summed E-state index contributed by atoms with van der Waals surface area (Å²) in [6.07, 6.45) is 1.76. The van der Waals surface area contributed by atoms with Crippen LogP contribution in [0.15, 0.2) is 36.5 Å². The molecule has 5 heteroatoms. The van der Waals surface area contributed by atoms with Gasteiger partial charge in [0.2, 0.25) is 0 Å². The zero-order chi connectivity index (χ0) is 14.4. The molecule has 5 nitrogen and oxygen atoms in total. The highest BCUT2D eigenvalue weighted by atomic mass is 16.5. The van der Waals surface area contributed by atoms with Crippen molar-refractivity contribution in [1.29, 1.82) is 0 Å². The number of hydrogen-bond donors (Lipinski definition) is 2. The zero-order valence-corrected chi connectivity index (χ0v) is 11.6. The first-order valence-corrected chi connectivity index (χ1v) is 6.30. The second kappa shape index (κ2) is 6.77. The van der Waals surface area contributed by atoms with E-state index in [1.807, 2.05) is 19.2 Å². The van der Waals surface area contributed by atoms with Gasteiger partial charge in [0.25, 0.3) is 0 Å². The van der Waals surface area contributed by atoms with Crippen LogP contribution in [-0.2, 0) is 13.2 Å². The lowest BCUT2D eigenvalue weighted by Gasteiger charge is -2.11. The lowest BCUT2D eigenvalue weighted by Crippen LogP contribution is -2.00. The lowest BCUT2D eigenvalue weighted by molar-refractivity contribution is 0.274. The highest BCUT2D eigenvalue weighted by Crippen LogP contribution is 2.28. The zero-order valence-electron chi connectivity index (χ0n) is 11.6. The number of nitrogens with zero attached hydrogens (tertiary/aromatic N) is 1. The number of methoxy groups -OCH3 is 1. The average molecular weight is 274 g/mol. The van der Waals surface area contributed by atoms with E-state index in [0.717, 1.165) is 16.9 Å². The van der Waals surface area contributed by atoms with Crippen molar-refractivity contribution in [3.05, 3.63) is 47.7 Å². The third-order valence-corrected chi connectivity index (χ3v) is 2.89. The van der Waals surface area contributed by atoms with E-state index in [9.17, 15) is 0 Å². The molecule has 0 saturated carbocycles. The van der Waals surface area contributed by atoms with Crippen molar-refractivity contribution in [1.82, 2.24) is 4.98 Å². The molecule has 0 bridgehead atoms. The lowest BCUT2D eigenvalue weighted by atomic mass is 10.2. The molecule has 0 saturated heterocycles. The molecular weight excluding hydrogens is 256 g/mol. The van der Waals surface area contributed by atoms with Gasteiger partial charge < -0.3 is 19.9 Å². The summed E-state index contributed by atoms with van der Waals surface area (Å²) in [5.74, 6) is 2.07. The number of ether oxygens (including phenoxy) is 2. The van der Waals surface area contributed by atoms with Crippen LogP contribution in [-0.4, -0.2) is 24.2 Å². The normalized spacial score (nSPS) is 10.2. The van der Waals surface area contributed by atoms with E-state index in [-0.39, 0.29) is 6.61 Å². The predicted octanol–water partition coefficient (Wildman–Crippen LogP) is 2.20. The molecule has 20 heavy (non-hydrogen) atoms. The molecule has 0 radical (unpaired) electrons. The largest absolute Gasteiger partial charge is 0.493 e. The molecule has 0 aliphatic rings. The summed E-state index contributed by atoms with van der Waals surface area (Å²) in [5, 5.41) is 12.1. The van der Waals surface area contributed by atoms with Gasteiger partial charge in [-0.25, -0.2) is 4.98 Å². The van der Waals surface area contributed by atoms with Gasteiger partial charge in [0.05, 0.1) is 13.7 Å². The minimum Gasteiger partial charge on any atom is -0.493 e. The molecule has 0 aliphatic heterocycles. The molecule has 0 amide bonds. The third-order valence-electron chi connectivity index (χ3n) is 2.89. The number of hydrogen-bond acceptors (Lipinski definition) is 5. The molecule has 1 aromatic carbocycles. The Morgan fingerprint density at radius 3 is 2.55 bits per heavy atom. The van der Waals surface area contributed by atoms with Crippen molar-refractivity contribution in [2.24, 2.45) is 0 Å². The Morgan fingerprint density at radius 2 is 1.95 bits per heavy atom. The summed E-state index contributed by atoms with van der Waals surface area (Å²) >= 11 is 0. The second-order valence-corrected chi connectivity index (χ2v) is 4.23. The minimum absolute atomic E-state index is 0.0218. The van der Waals surface area contributed by atoms with Crippen molar-refractivity contribution in [2.75, 3.05) is 19.5 Å². The summed E-state index contributed by atoms with van der Waals surface area (Å²) in [4.78, 5) is 4.22. The van der Waals surface area contributed by atoms with Crippen LogP contribution in [0.2, 0.25) is 0 Å². The molecule has 106 valence electrons. The van der Waals surface area contributed by atoms with E-state index in [1.54, 1.807) is 31.5 Å². The first-order chi connectivity index (χ1) is 9.76. The van der Waals surface area contributed by atoms with Crippen LogP contribution in [0.25, 0.3) is 0 Å². The van der Waals surface area contributed by atoms with Crippen molar-refractivity contribution >= 4 is 5.82 Å². The van der Waals surface area contributed by atoms with E-state index in [2.05, 4.69) is 10.3 Å². The first-order valence-electron chi connectivity index (χ1n) is 6.30. The Labute approximate surface area is 118 Å². The van der Waals surface area contributed by atoms with Gasteiger partial charge in [0.1, 0.15) is 12.4 Å². The van der Waals surface area contributed by atoms with Crippen molar-refractivity contribution in [3.8, 4) is 11.5 Å². The molecule has 2 N–H and O–H groups in total. The molecule has 0 spiro atoms. The van der Waals surface area contributed by atoms with E-state index in [1.165, 1.54) is 0 Å². The van der Waals surface area contributed by atoms with Crippen LogP contribution in [0, 0.1) is 0 Å². The van der Waals surface area contributed by atoms with Crippen LogP contribution in [0.4, 0.5) is 5.82 Å². The number of nitrogens with one attached hydrogen (secondary N) is 1. The third kappa shape index (κ3) is 3.39. The molecule has 0 unspecified atom stereocenters. The average Bonchev–Trinajstić information content (AvgIpc) is 2.53. The number of anilines is 1. The Bertz CT molecular complexity index is 556. The summed E-state index contributed by atoms with van der Waals surface area (Å²) < 4.78 is 11.0. The monoisotopic (exact) mass is 274 g/mol. The molecule has 0 aliphatic carbocycles. The number of aromatic nitrogens is 1. The van der Waals surface area contributed by atoms with Gasteiger partial charge in [-0.3, -0.25) is 0 Å². The molecular formula is C15H18N2O3. The quantitative estimate of drug-likeness (QED) is 0.845. The molecule has 0 fully saturated rings. The van der Waals surface area contributed by atoms with Gasteiger partial charge >= 0.3 is 0 Å². The second-order valence-electron chi connectivity index (χ2n) is 4.23. The molecule has 1 heterocycles. The number of rotatable bonds is 6. The Balaban J connectivity index is 2.05. The van der Waals surface area contributed by atoms with Gasteiger partial charge in [-0.1, -0.05) is 12.1 Å². The Morgan fingerprint density at radius 1 is 1.15 bits per heavy atom.